The Morgan fingerprint density at radius 1 is 1.00 bits per heavy atom. The van der Waals surface area contributed by atoms with E-state index in [9.17, 15) is 31.1 Å². The highest BCUT2D eigenvalue weighted by Gasteiger charge is 2.43. The lowest BCUT2D eigenvalue weighted by Gasteiger charge is -2.23. The van der Waals surface area contributed by atoms with Crippen molar-refractivity contribution in [2.24, 2.45) is 0 Å². The highest BCUT2D eigenvalue weighted by atomic mass is 28.4. The molecule has 0 fully saturated rings. The second-order valence-corrected chi connectivity index (χ2v) is 8.51. The first-order valence-electron chi connectivity index (χ1n) is 4.32. The maximum absolute atomic E-state index is 12.3. The maximum atomic E-state index is 12.3. The number of halogens is 6. The van der Waals surface area contributed by atoms with Gasteiger partial charge >= 0.3 is 12.4 Å². The van der Waals surface area contributed by atoms with Gasteiger partial charge in [0.25, 0.3) is 5.78 Å². The van der Waals surface area contributed by atoms with Crippen molar-refractivity contribution in [2.45, 2.75) is 32.0 Å². The standard InChI is InChI=1S/C8H10F6O2Si/c1-17(2,3)16-6(8(12,13)14)4-5(15)7(9,10)11/h4H,1-3H3/b6-4-. The molecule has 0 saturated heterocycles. The van der Waals surface area contributed by atoms with Gasteiger partial charge in [-0.3, -0.25) is 4.79 Å². The molecule has 17 heavy (non-hydrogen) atoms. The van der Waals surface area contributed by atoms with Gasteiger partial charge < -0.3 is 4.43 Å². The van der Waals surface area contributed by atoms with Crippen LogP contribution in [0.25, 0.3) is 0 Å². The molecule has 0 unspecified atom stereocenters. The number of ketones is 1. The van der Waals surface area contributed by atoms with Gasteiger partial charge in [0, 0.05) is 6.08 Å². The van der Waals surface area contributed by atoms with E-state index in [1.165, 1.54) is 19.6 Å². The highest BCUT2D eigenvalue weighted by Crippen LogP contribution is 2.30. The van der Waals surface area contributed by atoms with E-state index >= 15 is 0 Å². The van der Waals surface area contributed by atoms with Crippen molar-refractivity contribution in [3.05, 3.63) is 11.8 Å². The molecule has 0 aromatic carbocycles. The topological polar surface area (TPSA) is 26.3 Å². The molecular formula is C8H10F6O2Si. The molecule has 0 rings (SSSR count). The minimum atomic E-state index is -5.35. The summed E-state index contributed by atoms with van der Waals surface area (Å²) in [6, 6.07) is 0. The van der Waals surface area contributed by atoms with Crippen molar-refractivity contribution in [2.75, 3.05) is 0 Å². The first kappa shape index (κ1) is 16.0. The Labute approximate surface area is 94.4 Å². The largest absolute Gasteiger partial charge is 0.541 e. The molecule has 0 radical (unpaired) electrons. The molecule has 0 aromatic rings. The normalized spacial score (nSPS) is 14.8. The molecule has 0 heterocycles. The van der Waals surface area contributed by atoms with Gasteiger partial charge in [-0.15, -0.1) is 0 Å². The van der Waals surface area contributed by atoms with Crippen LogP contribution in [0.4, 0.5) is 26.3 Å². The summed E-state index contributed by atoms with van der Waals surface area (Å²) in [6.07, 6.45) is -11.0. The highest BCUT2D eigenvalue weighted by molar-refractivity contribution is 6.70. The Morgan fingerprint density at radius 3 is 1.65 bits per heavy atom. The monoisotopic (exact) mass is 280 g/mol. The van der Waals surface area contributed by atoms with Crippen molar-refractivity contribution in [3.63, 3.8) is 0 Å². The van der Waals surface area contributed by atoms with E-state index in [1.54, 1.807) is 0 Å². The fourth-order valence-electron chi connectivity index (χ4n) is 0.700. The fourth-order valence-corrected chi connectivity index (χ4v) is 1.53. The zero-order valence-electron chi connectivity index (χ0n) is 9.16. The number of allylic oxidation sites excluding steroid dienone is 2. The van der Waals surface area contributed by atoms with E-state index in [4.69, 9.17) is 0 Å². The molecule has 0 saturated carbocycles. The molecule has 0 aromatic heterocycles. The average molecular weight is 280 g/mol. The zero-order chi connectivity index (χ0) is 14.1. The summed E-state index contributed by atoms with van der Waals surface area (Å²) in [4.78, 5) is 10.4. The maximum Gasteiger partial charge on any atom is 0.454 e. The van der Waals surface area contributed by atoms with Crippen molar-refractivity contribution in [3.8, 4) is 0 Å². The lowest BCUT2D eigenvalue weighted by molar-refractivity contribution is -0.166. The molecule has 0 aliphatic heterocycles. The molecule has 0 aliphatic rings. The first-order chi connectivity index (χ1) is 7.23. The van der Waals surface area contributed by atoms with Crippen LogP contribution in [-0.2, 0) is 9.22 Å². The van der Waals surface area contributed by atoms with Gasteiger partial charge in [-0.05, 0) is 19.6 Å². The number of alkyl halides is 6. The number of rotatable bonds is 3. The minimum absolute atomic E-state index is 0.557. The zero-order valence-corrected chi connectivity index (χ0v) is 10.2. The Balaban J connectivity index is 5.23. The van der Waals surface area contributed by atoms with Crippen molar-refractivity contribution >= 4 is 14.1 Å². The number of carbonyl (C=O) groups excluding carboxylic acids is 1. The third-order valence-corrected chi connectivity index (χ3v) is 2.07. The number of carbonyl (C=O) groups is 1. The van der Waals surface area contributed by atoms with Crippen LogP contribution in [0.5, 0.6) is 0 Å². The van der Waals surface area contributed by atoms with Crippen LogP contribution in [0.2, 0.25) is 19.6 Å². The van der Waals surface area contributed by atoms with Crippen LogP contribution in [0.1, 0.15) is 0 Å². The van der Waals surface area contributed by atoms with E-state index in [-0.39, 0.29) is 0 Å². The summed E-state index contributed by atoms with van der Waals surface area (Å²) in [5, 5.41) is 0. The summed E-state index contributed by atoms with van der Waals surface area (Å²) < 4.78 is 76.8. The lowest BCUT2D eigenvalue weighted by atomic mass is 10.3. The Kier molecular flexibility index (Phi) is 4.43. The van der Waals surface area contributed by atoms with Crippen LogP contribution in [0.15, 0.2) is 11.8 Å². The molecule has 0 N–H and O–H groups in total. The summed E-state index contributed by atoms with van der Waals surface area (Å²) >= 11 is 0. The molecule has 0 spiro atoms. The number of hydrogen-bond donors (Lipinski definition) is 0. The fraction of sp³-hybridized carbons (Fsp3) is 0.625. The van der Waals surface area contributed by atoms with E-state index < -0.39 is 38.3 Å². The average Bonchev–Trinajstić information content (AvgIpc) is 1.96. The molecule has 100 valence electrons. The second kappa shape index (κ2) is 4.71. The van der Waals surface area contributed by atoms with Gasteiger partial charge in [-0.1, -0.05) is 0 Å². The van der Waals surface area contributed by atoms with Gasteiger partial charge in [0.1, 0.15) is 0 Å². The first-order valence-corrected chi connectivity index (χ1v) is 7.73. The summed E-state index contributed by atoms with van der Waals surface area (Å²) in [6.45, 7) is 4.06. The van der Waals surface area contributed by atoms with Crippen LogP contribution >= 0.6 is 0 Å². The molecule has 2 nitrogen and oxygen atoms in total. The smallest absolute Gasteiger partial charge is 0.454 e. The van der Waals surface area contributed by atoms with Crippen LogP contribution in [0.3, 0.4) is 0 Å². The predicted octanol–water partition coefficient (Wildman–Crippen LogP) is 3.42. The third-order valence-electron chi connectivity index (χ3n) is 1.24. The van der Waals surface area contributed by atoms with Crippen LogP contribution in [-0.4, -0.2) is 26.5 Å². The van der Waals surface area contributed by atoms with E-state index in [1.807, 2.05) is 0 Å². The lowest BCUT2D eigenvalue weighted by Crippen LogP contribution is -2.32. The van der Waals surface area contributed by atoms with Gasteiger partial charge in [0.05, 0.1) is 0 Å². The Bertz CT molecular complexity index is 322. The minimum Gasteiger partial charge on any atom is -0.541 e. The van der Waals surface area contributed by atoms with Crippen LogP contribution in [0, 0.1) is 0 Å². The van der Waals surface area contributed by atoms with Gasteiger partial charge in [0.15, 0.2) is 5.76 Å². The molecule has 0 atom stereocenters. The quantitative estimate of drug-likeness (QED) is 0.343. The molecular weight excluding hydrogens is 270 g/mol. The molecule has 0 bridgehead atoms. The van der Waals surface area contributed by atoms with E-state index in [0.717, 1.165) is 0 Å². The Morgan fingerprint density at radius 2 is 1.41 bits per heavy atom. The number of hydrogen-bond acceptors (Lipinski definition) is 2. The SMILES string of the molecule is C[Si](C)(C)O/C(=C\C(=O)C(F)(F)F)C(F)(F)F. The second-order valence-electron chi connectivity index (χ2n) is 4.08. The third kappa shape index (κ3) is 6.34. The summed E-state index contributed by atoms with van der Waals surface area (Å²) in [5.41, 5.74) is 0. The predicted molar refractivity (Wildman–Crippen MR) is 49.6 cm³/mol. The molecule has 0 aliphatic carbocycles. The Hall–Kier alpha value is -0.993. The van der Waals surface area contributed by atoms with E-state index in [0.29, 0.717) is 0 Å². The summed E-state index contributed by atoms with van der Waals surface area (Å²) in [7, 11) is -2.76. The van der Waals surface area contributed by atoms with Gasteiger partial charge in [-0.25, -0.2) is 0 Å². The molecule has 0 amide bonds. The van der Waals surface area contributed by atoms with Crippen molar-refractivity contribution < 1.29 is 35.6 Å². The molecule has 9 heteroatoms. The van der Waals surface area contributed by atoms with Crippen molar-refractivity contribution in [1.29, 1.82) is 0 Å². The van der Waals surface area contributed by atoms with Crippen LogP contribution < -0.4 is 0 Å². The van der Waals surface area contributed by atoms with Crippen molar-refractivity contribution in [1.82, 2.24) is 0 Å². The van der Waals surface area contributed by atoms with Gasteiger partial charge in [-0.2, -0.15) is 26.3 Å². The van der Waals surface area contributed by atoms with E-state index in [2.05, 4.69) is 4.43 Å². The van der Waals surface area contributed by atoms with Gasteiger partial charge in [0.2, 0.25) is 8.32 Å². The summed E-state index contributed by atoms with van der Waals surface area (Å²) in [5.74, 6) is -4.50.